The quantitative estimate of drug-likeness (QED) is 0.461. The highest BCUT2D eigenvalue weighted by molar-refractivity contribution is 9.10. The Morgan fingerprint density at radius 3 is 2.60 bits per heavy atom. The van der Waals surface area contributed by atoms with Crippen LogP contribution in [0.1, 0.15) is 35.6 Å². The van der Waals surface area contributed by atoms with Crippen molar-refractivity contribution >= 4 is 32.8 Å². The summed E-state index contributed by atoms with van der Waals surface area (Å²) in [4.78, 5) is 11.6. The van der Waals surface area contributed by atoms with Gasteiger partial charge in [0, 0.05) is 16.5 Å². The lowest BCUT2D eigenvalue weighted by Crippen LogP contribution is -2.42. The van der Waals surface area contributed by atoms with Crippen LogP contribution in [0.15, 0.2) is 65.1 Å². The number of hydrogen-bond acceptors (Lipinski definition) is 2. The second-order valence-electron chi connectivity index (χ2n) is 7.58. The first-order chi connectivity index (χ1) is 14.2. The van der Waals surface area contributed by atoms with E-state index in [1.54, 1.807) is 30.3 Å². The first-order valence-corrected chi connectivity index (χ1v) is 10.3. The number of hydrogen-bond donors (Lipinski definition) is 1. The van der Waals surface area contributed by atoms with Gasteiger partial charge in [-0.25, -0.2) is 4.79 Å². The topological polar surface area (TPSA) is 52.3 Å². The summed E-state index contributed by atoms with van der Waals surface area (Å²) in [6.07, 6.45) is -6.99. The Kier molecular flexibility index (Phi) is 5.26. The SMILES string of the molecule is NC(=O)O[C@@H](C[C@@]1(C(F)(F)F)CCc2cc(Br)ccc21)c1cccc2ccccc12. The summed E-state index contributed by atoms with van der Waals surface area (Å²) in [5, 5.41) is 1.59. The normalized spacial score (nSPS) is 19.5. The summed E-state index contributed by atoms with van der Waals surface area (Å²) in [6.45, 7) is 0. The monoisotopic (exact) mass is 477 g/mol. The van der Waals surface area contributed by atoms with Crippen LogP contribution in [0.5, 0.6) is 0 Å². The Morgan fingerprint density at radius 1 is 1.13 bits per heavy atom. The summed E-state index contributed by atoms with van der Waals surface area (Å²) in [5.74, 6) is 0. The number of aryl methyl sites for hydroxylation is 1. The van der Waals surface area contributed by atoms with Crippen molar-refractivity contribution in [2.45, 2.75) is 37.0 Å². The summed E-state index contributed by atoms with van der Waals surface area (Å²) >= 11 is 3.33. The molecule has 0 bridgehead atoms. The zero-order valence-electron chi connectivity index (χ0n) is 15.9. The molecule has 0 radical (unpaired) electrons. The van der Waals surface area contributed by atoms with Gasteiger partial charge in [0.25, 0.3) is 0 Å². The Bertz CT molecular complexity index is 1110. The molecule has 0 saturated carbocycles. The van der Waals surface area contributed by atoms with E-state index >= 15 is 0 Å². The van der Waals surface area contributed by atoms with Gasteiger partial charge in [-0.15, -0.1) is 0 Å². The van der Waals surface area contributed by atoms with Crippen LogP contribution in [0, 0.1) is 0 Å². The predicted octanol–water partition coefficient (Wildman–Crippen LogP) is 6.58. The molecule has 0 unspecified atom stereocenters. The molecule has 2 atom stereocenters. The maximum atomic E-state index is 14.5. The molecule has 1 aliphatic carbocycles. The number of carbonyl (C=O) groups excluding carboxylic acids is 1. The maximum absolute atomic E-state index is 14.5. The van der Waals surface area contributed by atoms with Crippen LogP contribution in [0.3, 0.4) is 0 Å². The van der Waals surface area contributed by atoms with Crippen LogP contribution in [0.4, 0.5) is 18.0 Å². The van der Waals surface area contributed by atoms with Crippen molar-refractivity contribution in [3.63, 3.8) is 0 Å². The van der Waals surface area contributed by atoms with Crippen LogP contribution in [0.25, 0.3) is 10.8 Å². The third-order valence-corrected chi connectivity index (χ3v) is 6.40. The standard InChI is InChI=1S/C23H19BrF3NO2/c24-16-8-9-19-15(12-16)10-11-22(19,23(25,26)27)13-20(30-21(28)29)18-7-3-5-14-4-1-2-6-17(14)18/h1-9,12,20H,10-11,13H2,(H2,28,29)/t20-,22-/m0/s1. The number of alkyl halides is 3. The molecule has 1 aliphatic rings. The molecule has 156 valence electrons. The highest BCUT2D eigenvalue weighted by Gasteiger charge is 2.59. The molecule has 1 amide bonds. The van der Waals surface area contributed by atoms with Gasteiger partial charge in [0.2, 0.25) is 0 Å². The third kappa shape index (κ3) is 3.55. The zero-order valence-corrected chi connectivity index (χ0v) is 17.5. The first-order valence-electron chi connectivity index (χ1n) is 9.51. The largest absolute Gasteiger partial charge is 0.441 e. The smallest absolute Gasteiger partial charge is 0.405 e. The minimum atomic E-state index is -4.52. The van der Waals surface area contributed by atoms with E-state index in [-0.39, 0.29) is 12.0 Å². The lowest BCUT2D eigenvalue weighted by Gasteiger charge is -2.36. The highest BCUT2D eigenvalue weighted by Crippen LogP contribution is 2.55. The average molecular weight is 478 g/mol. The lowest BCUT2D eigenvalue weighted by molar-refractivity contribution is -0.198. The summed E-state index contributed by atoms with van der Waals surface area (Å²) < 4.78 is 49.6. The van der Waals surface area contributed by atoms with Gasteiger partial charge in [-0.3, -0.25) is 0 Å². The number of benzene rings is 3. The fraction of sp³-hybridized carbons (Fsp3) is 0.261. The molecular weight excluding hydrogens is 459 g/mol. The molecule has 30 heavy (non-hydrogen) atoms. The van der Waals surface area contributed by atoms with E-state index < -0.39 is 30.2 Å². The second-order valence-corrected chi connectivity index (χ2v) is 8.50. The molecule has 0 heterocycles. The highest BCUT2D eigenvalue weighted by atomic mass is 79.9. The molecule has 0 fully saturated rings. The fourth-order valence-corrected chi connectivity index (χ4v) is 4.95. The van der Waals surface area contributed by atoms with Crippen molar-refractivity contribution in [3.8, 4) is 0 Å². The van der Waals surface area contributed by atoms with Crippen molar-refractivity contribution < 1.29 is 22.7 Å². The predicted molar refractivity (Wildman–Crippen MR) is 112 cm³/mol. The van der Waals surface area contributed by atoms with Crippen molar-refractivity contribution in [2.75, 3.05) is 0 Å². The molecule has 4 rings (SSSR count). The summed E-state index contributed by atoms with van der Waals surface area (Å²) in [6, 6.07) is 17.5. The van der Waals surface area contributed by atoms with E-state index in [1.165, 1.54) is 6.07 Å². The molecule has 0 aromatic heterocycles. The van der Waals surface area contributed by atoms with Crippen LogP contribution in [0.2, 0.25) is 0 Å². The maximum Gasteiger partial charge on any atom is 0.405 e. The summed E-state index contributed by atoms with van der Waals surface area (Å²) in [5.41, 5.74) is 4.54. The fourth-order valence-electron chi connectivity index (χ4n) is 4.54. The number of carbonyl (C=O) groups is 1. The van der Waals surface area contributed by atoms with Gasteiger partial charge in [0.1, 0.15) is 6.10 Å². The lowest BCUT2D eigenvalue weighted by atomic mass is 9.75. The number of fused-ring (bicyclic) bond motifs is 2. The number of amides is 1. The Labute approximate surface area is 180 Å². The van der Waals surface area contributed by atoms with Gasteiger partial charge in [0.15, 0.2) is 0 Å². The minimum absolute atomic E-state index is 0.105. The molecule has 3 aromatic carbocycles. The van der Waals surface area contributed by atoms with Gasteiger partial charge in [-0.1, -0.05) is 64.5 Å². The number of nitrogens with two attached hydrogens (primary N) is 1. The van der Waals surface area contributed by atoms with E-state index in [1.807, 2.05) is 24.3 Å². The minimum Gasteiger partial charge on any atom is -0.441 e. The van der Waals surface area contributed by atoms with Crippen molar-refractivity contribution in [2.24, 2.45) is 5.73 Å². The Balaban J connectivity index is 1.85. The van der Waals surface area contributed by atoms with Gasteiger partial charge in [-0.05, 0) is 46.9 Å². The second kappa shape index (κ2) is 7.61. The molecule has 0 saturated heterocycles. The van der Waals surface area contributed by atoms with Crippen molar-refractivity contribution in [1.29, 1.82) is 0 Å². The number of halogens is 4. The van der Waals surface area contributed by atoms with Crippen molar-refractivity contribution in [3.05, 3.63) is 81.8 Å². The van der Waals surface area contributed by atoms with E-state index in [9.17, 15) is 18.0 Å². The number of primary amides is 1. The molecular formula is C23H19BrF3NO2. The van der Waals surface area contributed by atoms with E-state index in [0.29, 0.717) is 17.5 Å². The van der Waals surface area contributed by atoms with Crippen LogP contribution < -0.4 is 5.73 Å². The molecule has 0 aliphatic heterocycles. The van der Waals surface area contributed by atoms with E-state index in [0.717, 1.165) is 15.2 Å². The van der Waals surface area contributed by atoms with E-state index in [4.69, 9.17) is 10.5 Å². The average Bonchev–Trinajstić information content (AvgIpc) is 3.05. The first kappa shape index (κ1) is 20.7. The van der Waals surface area contributed by atoms with Crippen LogP contribution in [-0.4, -0.2) is 12.3 Å². The van der Waals surface area contributed by atoms with Gasteiger partial charge < -0.3 is 10.5 Å². The Hall–Kier alpha value is -2.54. The third-order valence-electron chi connectivity index (χ3n) is 5.91. The van der Waals surface area contributed by atoms with Gasteiger partial charge >= 0.3 is 12.3 Å². The molecule has 3 aromatic rings. The Morgan fingerprint density at radius 2 is 1.87 bits per heavy atom. The van der Waals surface area contributed by atoms with Gasteiger partial charge in [0.05, 0.1) is 5.41 Å². The van der Waals surface area contributed by atoms with Crippen LogP contribution in [-0.2, 0) is 16.6 Å². The van der Waals surface area contributed by atoms with Crippen molar-refractivity contribution in [1.82, 2.24) is 0 Å². The molecule has 3 nitrogen and oxygen atoms in total. The molecule has 0 spiro atoms. The molecule has 7 heteroatoms. The molecule has 2 N–H and O–H groups in total. The van der Waals surface area contributed by atoms with E-state index in [2.05, 4.69) is 15.9 Å². The number of ether oxygens (including phenoxy) is 1. The van der Waals surface area contributed by atoms with Crippen LogP contribution >= 0.6 is 15.9 Å². The van der Waals surface area contributed by atoms with Gasteiger partial charge in [-0.2, -0.15) is 13.2 Å². The zero-order chi connectivity index (χ0) is 21.5. The summed E-state index contributed by atoms with van der Waals surface area (Å²) in [7, 11) is 0. The number of rotatable bonds is 4.